The molecule has 2 aromatic carbocycles. The fourth-order valence-corrected chi connectivity index (χ4v) is 5.73. The Balaban J connectivity index is 2.06. The van der Waals surface area contributed by atoms with Crippen LogP contribution in [0.2, 0.25) is 5.02 Å². The van der Waals surface area contributed by atoms with Crippen LogP contribution in [0.3, 0.4) is 0 Å². The lowest BCUT2D eigenvalue weighted by Gasteiger charge is -2.31. The summed E-state index contributed by atoms with van der Waals surface area (Å²) in [5.41, 5.74) is 2.13. The number of anilines is 1. The van der Waals surface area contributed by atoms with Crippen molar-refractivity contribution in [2.75, 3.05) is 11.9 Å². The first-order valence-corrected chi connectivity index (χ1v) is 11.2. The van der Waals surface area contributed by atoms with Crippen LogP contribution < -0.4 is 5.32 Å². The Morgan fingerprint density at radius 1 is 1.25 bits per heavy atom. The third-order valence-corrected chi connectivity index (χ3v) is 7.44. The smallest absolute Gasteiger partial charge is 0.226 e. The average Bonchev–Trinajstić information content (AvgIpc) is 2.66. The Labute approximate surface area is 170 Å². The summed E-state index contributed by atoms with van der Waals surface area (Å²) in [6.07, 6.45) is 0.922. The van der Waals surface area contributed by atoms with E-state index in [1.807, 2.05) is 6.07 Å². The molecule has 0 fully saturated rings. The highest BCUT2D eigenvalue weighted by atomic mass is 35.5. The van der Waals surface area contributed by atoms with Gasteiger partial charge in [-0.05, 0) is 60.2 Å². The average molecular weight is 422 g/mol. The van der Waals surface area contributed by atoms with E-state index in [2.05, 4.69) is 5.32 Å². The number of nitrogens with one attached hydrogen (secondary N) is 1. The molecule has 0 aliphatic heterocycles. The monoisotopic (exact) mass is 421 g/mol. The van der Waals surface area contributed by atoms with Crippen LogP contribution in [0.1, 0.15) is 36.6 Å². The second-order valence-corrected chi connectivity index (χ2v) is 10.1. The van der Waals surface area contributed by atoms with Crippen molar-refractivity contribution in [3.8, 4) is 0 Å². The Hall–Kier alpha value is -1.89. The van der Waals surface area contributed by atoms with Crippen LogP contribution in [-0.4, -0.2) is 26.0 Å². The molecule has 3 rings (SSSR count). The molecule has 2 N–H and O–H groups in total. The highest BCUT2D eigenvalue weighted by molar-refractivity contribution is 7.91. The molecular formula is C21H24ClNO4S. The van der Waals surface area contributed by atoms with Crippen molar-refractivity contribution in [1.82, 2.24) is 0 Å². The van der Waals surface area contributed by atoms with Crippen molar-refractivity contribution in [2.45, 2.75) is 36.8 Å². The van der Waals surface area contributed by atoms with E-state index in [4.69, 9.17) is 11.6 Å². The molecule has 0 heterocycles. The molecule has 0 bridgehead atoms. The van der Waals surface area contributed by atoms with E-state index in [-0.39, 0.29) is 29.2 Å². The number of carbonyl (C=O) groups excluding carboxylic acids is 1. The molecule has 1 aliphatic rings. The predicted molar refractivity (Wildman–Crippen MR) is 110 cm³/mol. The van der Waals surface area contributed by atoms with Gasteiger partial charge in [-0.2, -0.15) is 0 Å². The van der Waals surface area contributed by atoms with Crippen LogP contribution in [0.4, 0.5) is 5.69 Å². The molecule has 2 aromatic rings. The lowest BCUT2D eigenvalue weighted by atomic mass is 9.83. The van der Waals surface area contributed by atoms with Crippen molar-refractivity contribution in [1.29, 1.82) is 0 Å². The van der Waals surface area contributed by atoms with Gasteiger partial charge in [-0.25, -0.2) is 8.42 Å². The molecule has 1 aliphatic carbocycles. The number of fused-ring (bicyclic) bond motifs is 1. The number of carbonyl (C=O) groups is 1. The van der Waals surface area contributed by atoms with E-state index >= 15 is 0 Å². The Kier molecular flexibility index (Phi) is 6.12. The maximum atomic E-state index is 13.4. The van der Waals surface area contributed by atoms with Crippen molar-refractivity contribution in [3.63, 3.8) is 0 Å². The Morgan fingerprint density at radius 2 is 2.00 bits per heavy atom. The zero-order valence-electron chi connectivity index (χ0n) is 15.9. The van der Waals surface area contributed by atoms with Crippen LogP contribution in [0.15, 0.2) is 47.4 Å². The fourth-order valence-electron chi connectivity index (χ4n) is 3.51. The lowest BCUT2D eigenvalue weighted by Crippen LogP contribution is -2.27. The molecule has 0 saturated heterocycles. The SMILES string of the molecule is CC(C)C(=O)Nc1ccc2c(c1)C(S(=O)(=O)c1cccc(Cl)c1)C[C@H](CO)C2. The second-order valence-electron chi connectivity index (χ2n) is 7.54. The minimum absolute atomic E-state index is 0.0765. The maximum Gasteiger partial charge on any atom is 0.226 e. The number of halogens is 1. The normalized spacial score (nSPS) is 19.3. The van der Waals surface area contributed by atoms with E-state index in [0.717, 1.165) is 5.56 Å². The lowest BCUT2D eigenvalue weighted by molar-refractivity contribution is -0.118. The Morgan fingerprint density at radius 3 is 2.64 bits per heavy atom. The molecule has 28 heavy (non-hydrogen) atoms. The summed E-state index contributed by atoms with van der Waals surface area (Å²) in [5, 5.41) is 12.1. The molecular weight excluding hydrogens is 398 g/mol. The highest BCUT2D eigenvalue weighted by Gasteiger charge is 2.37. The third-order valence-electron chi connectivity index (χ3n) is 5.10. The number of aliphatic hydroxyl groups is 1. The molecule has 150 valence electrons. The van der Waals surface area contributed by atoms with Gasteiger partial charge in [-0.15, -0.1) is 0 Å². The van der Waals surface area contributed by atoms with Crippen molar-refractivity contribution in [2.24, 2.45) is 11.8 Å². The molecule has 7 heteroatoms. The molecule has 1 amide bonds. The molecule has 0 spiro atoms. The topological polar surface area (TPSA) is 83.5 Å². The summed E-state index contributed by atoms with van der Waals surface area (Å²) in [6, 6.07) is 11.6. The van der Waals surface area contributed by atoms with Crippen LogP contribution >= 0.6 is 11.6 Å². The summed E-state index contributed by atoms with van der Waals surface area (Å²) in [5.74, 6) is -0.443. The largest absolute Gasteiger partial charge is 0.396 e. The van der Waals surface area contributed by atoms with Gasteiger partial charge in [0.2, 0.25) is 5.91 Å². The molecule has 0 radical (unpaired) electrons. The van der Waals surface area contributed by atoms with Crippen molar-refractivity contribution in [3.05, 3.63) is 58.6 Å². The number of sulfone groups is 1. The zero-order valence-corrected chi connectivity index (χ0v) is 17.4. The van der Waals surface area contributed by atoms with Gasteiger partial charge >= 0.3 is 0 Å². The summed E-state index contributed by atoms with van der Waals surface area (Å²) in [4.78, 5) is 12.2. The zero-order chi connectivity index (χ0) is 20.5. The minimum Gasteiger partial charge on any atom is -0.396 e. The molecule has 0 aromatic heterocycles. The first-order valence-electron chi connectivity index (χ1n) is 9.26. The molecule has 0 saturated carbocycles. The van der Waals surface area contributed by atoms with E-state index in [0.29, 0.717) is 29.1 Å². The highest BCUT2D eigenvalue weighted by Crippen LogP contribution is 2.42. The van der Waals surface area contributed by atoms with Crippen LogP contribution in [0, 0.1) is 11.8 Å². The minimum atomic E-state index is -3.71. The quantitative estimate of drug-likeness (QED) is 0.764. The molecule has 5 nitrogen and oxygen atoms in total. The van der Waals surface area contributed by atoms with Gasteiger partial charge < -0.3 is 10.4 Å². The molecule has 2 atom stereocenters. The van der Waals surface area contributed by atoms with E-state index in [9.17, 15) is 18.3 Å². The van der Waals surface area contributed by atoms with E-state index in [1.54, 1.807) is 38.1 Å². The number of rotatable bonds is 5. The summed E-state index contributed by atoms with van der Waals surface area (Å²) in [6.45, 7) is 3.52. The van der Waals surface area contributed by atoms with E-state index in [1.165, 1.54) is 12.1 Å². The van der Waals surface area contributed by atoms with Gasteiger partial charge in [0.1, 0.15) is 0 Å². The maximum absolute atomic E-state index is 13.4. The van der Waals surface area contributed by atoms with E-state index < -0.39 is 15.1 Å². The van der Waals surface area contributed by atoms with Gasteiger partial charge in [0.05, 0.1) is 10.1 Å². The number of benzene rings is 2. The summed E-state index contributed by atoms with van der Waals surface area (Å²) in [7, 11) is -3.71. The summed E-state index contributed by atoms with van der Waals surface area (Å²) >= 11 is 6.01. The van der Waals surface area contributed by atoms with Crippen molar-refractivity contribution >= 4 is 33.0 Å². The standard InChI is InChI=1S/C21H24ClNO4S/c1-13(2)21(25)23-17-7-6-15-8-14(12-24)9-20(19(15)11-17)28(26,27)18-5-3-4-16(22)10-18/h3-7,10-11,13-14,20,24H,8-9,12H2,1-2H3,(H,23,25)/t14-,20?/m1/s1. The third kappa shape index (κ3) is 4.24. The van der Waals surface area contributed by atoms with Gasteiger partial charge in [-0.1, -0.05) is 37.6 Å². The van der Waals surface area contributed by atoms with Crippen LogP contribution in [0.5, 0.6) is 0 Å². The summed E-state index contributed by atoms with van der Waals surface area (Å²) < 4.78 is 26.8. The molecule has 1 unspecified atom stereocenters. The fraction of sp³-hybridized carbons (Fsp3) is 0.381. The van der Waals surface area contributed by atoms with Crippen LogP contribution in [-0.2, 0) is 21.1 Å². The first-order chi connectivity index (χ1) is 13.2. The number of hydrogen-bond acceptors (Lipinski definition) is 4. The first kappa shape index (κ1) is 20.8. The van der Waals surface area contributed by atoms with Gasteiger partial charge in [0.15, 0.2) is 9.84 Å². The van der Waals surface area contributed by atoms with Gasteiger partial charge in [-0.3, -0.25) is 4.79 Å². The number of amides is 1. The van der Waals surface area contributed by atoms with Crippen molar-refractivity contribution < 1.29 is 18.3 Å². The predicted octanol–water partition coefficient (Wildman–Crippen LogP) is 4.00. The van der Waals surface area contributed by atoms with Gasteiger partial charge in [0.25, 0.3) is 0 Å². The second kappa shape index (κ2) is 8.23. The Bertz CT molecular complexity index is 988. The number of hydrogen-bond donors (Lipinski definition) is 2. The van der Waals surface area contributed by atoms with Gasteiger partial charge in [0, 0.05) is 23.2 Å². The van der Waals surface area contributed by atoms with Crippen LogP contribution in [0.25, 0.3) is 0 Å². The number of aliphatic hydroxyl groups excluding tert-OH is 1.